The Bertz CT molecular complexity index is 3010. The van der Waals surface area contributed by atoms with Crippen molar-refractivity contribution in [3.8, 4) is 22.3 Å². The fourth-order valence-electron chi connectivity index (χ4n) is 8.53. The average molecular weight is 856 g/mol. The van der Waals surface area contributed by atoms with E-state index in [1.165, 1.54) is 0 Å². The van der Waals surface area contributed by atoms with Gasteiger partial charge in [-0.05, 0) is 68.8 Å². The molecular weight excluding hydrogens is 821 g/mol. The van der Waals surface area contributed by atoms with Crippen LogP contribution in [0.3, 0.4) is 0 Å². The van der Waals surface area contributed by atoms with E-state index in [4.69, 9.17) is 15.0 Å². The summed E-state index contributed by atoms with van der Waals surface area (Å²) in [6, 6.07) is 70.0. The molecule has 0 radical (unpaired) electrons. The summed E-state index contributed by atoms with van der Waals surface area (Å²) >= 11 is 0. The minimum Gasteiger partial charge on any atom is -0.657 e. The first kappa shape index (κ1) is 37.1. The Hall–Kier alpha value is -7.22. The summed E-state index contributed by atoms with van der Waals surface area (Å²) < 4.78 is 0. The molecule has 0 amide bonds. The van der Waals surface area contributed by atoms with E-state index in [1.54, 1.807) is 0 Å². The van der Waals surface area contributed by atoms with Crippen molar-refractivity contribution in [2.75, 3.05) is 0 Å². The predicted octanol–water partition coefficient (Wildman–Crippen LogP) is 10.9. The van der Waals surface area contributed by atoms with Gasteiger partial charge in [0.2, 0.25) is 0 Å². The number of nitrogens with zero attached hydrogens (tertiary/aromatic N) is 3. The number of fused-ring (bicyclic) bond motifs is 9. The van der Waals surface area contributed by atoms with Gasteiger partial charge in [-0.1, -0.05) is 199 Å². The van der Waals surface area contributed by atoms with Gasteiger partial charge < -0.3 is 4.98 Å². The van der Waals surface area contributed by atoms with Crippen LogP contribution < -0.4 is 15.7 Å². The van der Waals surface area contributed by atoms with Crippen LogP contribution in [0.25, 0.3) is 44.5 Å². The third-order valence-electron chi connectivity index (χ3n) is 11.3. The maximum absolute atomic E-state index is 5.52. The van der Waals surface area contributed by atoms with E-state index in [2.05, 4.69) is 206 Å². The van der Waals surface area contributed by atoms with E-state index in [0.29, 0.717) is 0 Å². The number of allylic oxidation sites excluding steroid dienone is 4. The number of benzene rings is 5. The molecule has 2 aliphatic carbocycles. The van der Waals surface area contributed by atoms with Crippen molar-refractivity contribution < 1.29 is 20.4 Å². The molecule has 0 saturated heterocycles. The fourth-order valence-corrected chi connectivity index (χ4v) is 8.53. The molecule has 4 heterocycles. The van der Waals surface area contributed by atoms with Crippen LogP contribution >= 0.6 is 0 Å². The van der Waals surface area contributed by atoms with Crippen LogP contribution in [0, 0.1) is 6.07 Å². The number of hydrogen-bond donors (Lipinski definition) is 0. The number of rotatable bonds is 5. The van der Waals surface area contributed by atoms with Gasteiger partial charge >= 0.3 is 20.4 Å². The standard InChI is InChI=1S/C56H35N3.Pd/c1-6-16-37(17-7-1)38-26-28-43-44(29-27-38)46-36-45(43)53(39-18-8-2-9-19-39)47-30-32-49(57-47)55(41-22-12-4-13-23-41)51-34-35-52(59-51)56(42-24-14-5-15-25-42)50-33-31-48(58-50)54(46)40-20-10-3-11-21-40;/h1-35H;/q-2;+2. The number of hydrogen-bond acceptors (Lipinski definition) is 2. The molecule has 0 N–H and O–H groups in total. The molecule has 4 heteroatoms. The summed E-state index contributed by atoms with van der Waals surface area (Å²) in [6.45, 7) is 0. The first-order valence-corrected chi connectivity index (χ1v) is 19.9. The molecule has 0 atom stereocenters. The molecule has 1 aromatic heterocycles. The second kappa shape index (κ2) is 15.9. The summed E-state index contributed by atoms with van der Waals surface area (Å²) in [6.07, 6.45) is 8.59. The van der Waals surface area contributed by atoms with Crippen molar-refractivity contribution >= 4 is 33.7 Å². The summed E-state index contributed by atoms with van der Waals surface area (Å²) in [7, 11) is 0. The summed E-state index contributed by atoms with van der Waals surface area (Å²) in [5.41, 5.74) is 18.1. The Morgan fingerprint density at radius 2 is 0.650 bits per heavy atom. The largest absolute Gasteiger partial charge is 2.00 e. The molecule has 0 fully saturated rings. The summed E-state index contributed by atoms with van der Waals surface area (Å²) in [4.78, 5) is 16.4. The average Bonchev–Trinajstić information content (AvgIpc) is 4.11. The summed E-state index contributed by atoms with van der Waals surface area (Å²) in [5.74, 6) is 0. The molecule has 5 aromatic carbocycles. The molecule has 0 unspecified atom stereocenters. The van der Waals surface area contributed by atoms with E-state index in [0.717, 1.165) is 111 Å². The van der Waals surface area contributed by atoms with Gasteiger partial charge in [-0.3, -0.25) is 9.98 Å². The molecule has 11 rings (SSSR count). The molecule has 5 aliphatic rings. The van der Waals surface area contributed by atoms with Crippen molar-refractivity contribution in [2.45, 2.75) is 0 Å². The Morgan fingerprint density at radius 1 is 0.317 bits per heavy atom. The van der Waals surface area contributed by atoms with Gasteiger partial charge in [-0.2, -0.15) is 0 Å². The third-order valence-corrected chi connectivity index (χ3v) is 11.3. The molecule has 6 aromatic rings. The van der Waals surface area contributed by atoms with E-state index >= 15 is 0 Å². The Kier molecular flexibility index (Phi) is 9.80. The molecule has 60 heavy (non-hydrogen) atoms. The van der Waals surface area contributed by atoms with Gasteiger partial charge in [-0.25, -0.2) is 0 Å². The van der Waals surface area contributed by atoms with Crippen LogP contribution in [0.1, 0.15) is 33.4 Å². The Morgan fingerprint density at radius 3 is 1.03 bits per heavy atom. The molecule has 3 aliphatic heterocycles. The van der Waals surface area contributed by atoms with Crippen LogP contribution in [-0.2, 0) is 20.4 Å². The second-order valence-electron chi connectivity index (χ2n) is 14.8. The normalized spacial score (nSPS) is 14.4. The number of aliphatic imine (C=N–C) groups is 2. The van der Waals surface area contributed by atoms with Gasteiger partial charge in [-0.15, -0.1) is 39.0 Å². The van der Waals surface area contributed by atoms with Crippen molar-refractivity contribution in [2.24, 2.45) is 9.98 Å². The van der Waals surface area contributed by atoms with E-state index in [9.17, 15) is 0 Å². The second-order valence-corrected chi connectivity index (χ2v) is 14.8. The molecular formula is C56H35N3Pd. The minimum atomic E-state index is 0. The monoisotopic (exact) mass is 855 g/mol. The number of aromatic nitrogens is 1. The van der Waals surface area contributed by atoms with Crippen LogP contribution in [-0.4, -0.2) is 11.4 Å². The Labute approximate surface area is 363 Å². The zero-order chi connectivity index (χ0) is 39.1. The van der Waals surface area contributed by atoms with E-state index in [1.807, 2.05) is 12.1 Å². The topological polar surface area (TPSA) is 38.8 Å². The maximum Gasteiger partial charge on any atom is 2.00 e. The van der Waals surface area contributed by atoms with Crippen LogP contribution in [0.2, 0.25) is 0 Å². The zero-order valence-corrected chi connectivity index (χ0v) is 33.9. The van der Waals surface area contributed by atoms with Gasteiger partial charge in [0.05, 0.1) is 11.4 Å². The molecule has 284 valence electrons. The van der Waals surface area contributed by atoms with Gasteiger partial charge in [0.15, 0.2) is 0 Å². The van der Waals surface area contributed by atoms with Gasteiger partial charge in [0.25, 0.3) is 0 Å². The van der Waals surface area contributed by atoms with Crippen molar-refractivity contribution in [1.82, 2.24) is 4.98 Å². The van der Waals surface area contributed by atoms with Crippen LogP contribution in [0.4, 0.5) is 0 Å². The molecule has 8 bridgehead atoms. The molecule has 0 spiro atoms. The minimum absolute atomic E-state index is 0. The quantitative estimate of drug-likeness (QED) is 0.126. The Balaban J connectivity index is 0.00000433. The van der Waals surface area contributed by atoms with Crippen molar-refractivity contribution in [3.05, 3.63) is 274 Å². The summed E-state index contributed by atoms with van der Waals surface area (Å²) in [5, 5.41) is 1.71. The predicted molar refractivity (Wildman–Crippen MR) is 242 cm³/mol. The van der Waals surface area contributed by atoms with Crippen molar-refractivity contribution in [1.29, 1.82) is 0 Å². The first-order chi connectivity index (χ1) is 29.3. The van der Waals surface area contributed by atoms with Crippen LogP contribution in [0.15, 0.2) is 234 Å². The van der Waals surface area contributed by atoms with Gasteiger partial charge in [0.1, 0.15) is 0 Å². The van der Waals surface area contributed by atoms with E-state index < -0.39 is 0 Å². The van der Waals surface area contributed by atoms with E-state index in [-0.39, 0.29) is 20.4 Å². The van der Waals surface area contributed by atoms with Gasteiger partial charge in [0, 0.05) is 11.4 Å². The third kappa shape index (κ3) is 6.63. The molecule has 0 saturated carbocycles. The fraction of sp³-hybridized carbons (Fsp3) is 0. The maximum atomic E-state index is 5.52. The smallest absolute Gasteiger partial charge is 0.657 e. The molecule has 3 nitrogen and oxygen atoms in total. The zero-order valence-electron chi connectivity index (χ0n) is 32.4. The first-order valence-electron chi connectivity index (χ1n) is 19.9. The van der Waals surface area contributed by atoms with Crippen molar-refractivity contribution in [3.63, 3.8) is 0 Å². The SMILES string of the molecule is [Pd+2].[c-]1c2c3ccc(-c4ccccc4)ccc-3c1C(c1ccccc1)=C1C=CC(=N1)C(c1ccccc1)=c1ccc([n-]1)=C(c1ccccc1)C1=NC(=C2c2ccccc2)C=C1. The van der Waals surface area contributed by atoms with Crippen LogP contribution in [0.5, 0.6) is 0 Å².